The van der Waals surface area contributed by atoms with Crippen LogP contribution in [-0.2, 0) is 11.3 Å². The first-order valence-electron chi connectivity index (χ1n) is 7.03. The lowest BCUT2D eigenvalue weighted by molar-refractivity contribution is -0.117. The van der Waals surface area contributed by atoms with Crippen molar-refractivity contribution < 1.29 is 14.1 Å². The smallest absolute Gasteiger partial charge is 0.239 e. The van der Waals surface area contributed by atoms with Crippen LogP contribution in [0.25, 0.3) is 0 Å². The third kappa shape index (κ3) is 4.33. The molecule has 1 amide bonds. The molecule has 1 heterocycles. The fraction of sp³-hybridized carbons (Fsp3) is 0.375. The van der Waals surface area contributed by atoms with E-state index in [1.807, 2.05) is 31.0 Å². The number of hydrogen-bond donors (Lipinski definition) is 1. The molecule has 0 aliphatic heterocycles. The number of ether oxygens (including phenoxy) is 1. The number of anilines is 1. The Morgan fingerprint density at radius 1 is 1.36 bits per heavy atom. The second-order valence-corrected chi connectivity index (χ2v) is 5.35. The molecule has 2 aromatic rings. The van der Waals surface area contributed by atoms with Crippen molar-refractivity contribution >= 4 is 11.7 Å². The number of nitrogens with zero attached hydrogens (tertiary/aromatic N) is 2. The van der Waals surface area contributed by atoms with E-state index in [0.717, 1.165) is 16.9 Å². The van der Waals surface area contributed by atoms with Crippen LogP contribution in [-0.4, -0.2) is 36.7 Å². The summed E-state index contributed by atoms with van der Waals surface area (Å²) >= 11 is 0. The summed E-state index contributed by atoms with van der Waals surface area (Å²) in [6, 6.07) is 7.69. The molecule has 6 nitrogen and oxygen atoms in total. The number of likely N-dealkylation sites (N-methyl/N-ethyl adjacent to an activating group) is 1. The predicted octanol–water partition coefficient (Wildman–Crippen LogP) is 2.37. The van der Waals surface area contributed by atoms with Gasteiger partial charge in [0, 0.05) is 12.6 Å². The minimum atomic E-state index is -0.124. The summed E-state index contributed by atoms with van der Waals surface area (Å²) in [5.41, 5.74) is 2.21. The largest absolute Gasteiger partial charge is 0.496 e. The van der Waals surface area contributed by atoms with Crippen LogP contribution >= 0.6 is 0 Å². The molecule has 1 N–H and O–H groups in total. The molecule has 0 radical (unpaired) electrons. The van der Waals surface area contributed by atoms with Crippen LogP contribution < -0.4 is 10.1 Å². The molecular weight excluding hydrogens is 282 g/mol. The molecule has 2 rings (SSSR count). The summed E-state index contributed by atoms with van der Waals surface area (Å²) in [5, 5.41) is 6.44. The highest BCUT2D eigenvalue weighted by atomic mass is 16.5. The molecule has 0 unspecified atom stereocenters. The van der Waals surface area contributed by atoms with Crippen LogP contribution in [0.15, 0.2) is 28.8 Å². The van der Waals surface area contributed by atoms with Gasteiger partial charge >= 0.3 is 0 Å². The first kappa shape index (κ1) is 16.0. The molecule has 22 heavy (non-hydrogen) atoms. The number of rotatable bonds is 6. The highest BCUT2D eigenvalue weighted by molar-refractivity contribution is 5.91. The number of aromatic nitrogens is 1. The van der Waals surface area contributed by atoms with Crippen molar-refractivity contribution in [1.82, 2.24) is 10.1 Å². The van der Waals surface area contributed by atoms with Gasteiger partial charge in [-0.25, -0.2) is 0 Å². The van der Waals surface area contributed by atoms with Gasteiger partial charge in [0.25, 0.3) is 0 Å². The van der Waals surface area contributed by atoms with Crippen molar-refractivity contribution in [3.05, 3.63) is 41.2 Å². The Labute approximate surface area is 130 Å². The van der Waals surface area contributed by atoms with Gasteiger partial charge in [-0.15, -0.1) is 0 Å². The van der Waals surface area contributed by atoms with E-state index < -0.39 is 0 Å². The Balaban J connectivity index is 1.88. The summed E-state index contributed by atoms with van der Waals surface area (Å²) in [5.74, 6) is 1.85. The highest BCUT2D eigenvalue weighted by Gasteiger charge is 2.10. The topological polar surface area (TPSA) is 67.6 Å². The number of hydrogen-bond acceptors (Lipinski definition) is 5. The maximum absolute atomic E-state index is 11.9. The molecule has 0 aliphatic carbocycles. The summed E-state index contributed by atoms with van der Waals surface area (Å²) in [7, 11) is 3.55. The lowest BCUT2D eigenvalue weighted by atomic mass is 10.1. The van der Waals surface area contributed by atoms with Gasteiger partial charge in [0.1, 0.15) is 11.5 Å². The van der Waals surface area contributed by atoms with Crippen molar-refractivity contribution in [3.8, 4) is 5.75 Å². The molecule has 0 saturated heterocycles. The number of benzene rings is 1. The van der Waals surface area contributed by atoms with Crippen molar-refractivity contribution in [1.29, 1.82) is 0 Å². The summed E-state index contributed by atoms with van der Waals surface area (Å²) in [6.45, 7) is 4.73. The highest BCUT2D eigenvalue weighted by Crippen LogP contribution is 2.19. The standard InChI is InChI=1S/C16H21N3O3/c1-11-7-13(5-6-14(11)21-4)9-19(3)10-16(20)17-15-8-12(2)22-18-15/h5-8H,9-10H2,1-4H3,(H,17,18,20). The molecule has 1 aromatic heterocycles. The molecule has 0 spiro atoms. The summed E-state index contributed by atoms with van der Waals surface area (Å²) in [4.78, 5) is 13.9. The van der Waals surface area contributed by atoms with E-state index in [1.54, 1.807) is 20.1 Å². The molecule has 118 valence electrons. The molecule has 0 aliphatic rings. The van der Waals surface area contributed by atoms with E-state index >= 15 is 0 Å². The number of amides is 1. The van der Waals surface area contributed by atoms with Gasteiger partial charge in [-0.1, -0.05) is 17.3 Å². The maximum atomic E-state index is 11.9. The maximum Gasteiger partial charge on any atom is 0.239 e. The van der Waals surface area contributed by atoms with Crippen molar-refractivity contribution in [2.45, 2.75) is 20.4 Å². The molecule has 0 fully saturated rings. The average molecular weight is 303 g/mol. The van der Waals surface area contributed by atoms with Crippen LogP contribution in [0, 0.1) is 13.8 Å². The van der Waals surface area contributed by atoms with Crippen LogP contribution in [0.1, 0.15) is 16.9 Å². The minimum Gasteiger partial charge on any atom is -0.496 e. The Bertz CT molecular complexity index is 652. The Morgan fingerprint density at radius 2 is 2.14 bits per heavy atom. The lowest BCUT2D eigenvalue weighted by Gasteiger charge is -2.16. The first-order chi connectivity index (χ1) is 10.5. The Hall–Kier alpha value is -2.34. The van der Waals surface area contributed by atoms with Crippen molar-refractivity contribution in [3.63, 3.8) is 0 Å². The van der Waals surface area contributed by atoms with Crippen LogP contribution in [0.5, 0.6) is 5.75 Å². The zero-order valence-corrected chi connectivity index (χ0v) is 13.3. The van der Waals surface area contributed by atoms with Gasteiger partial charge < -0.3 is 14.6 Å². The predicted molar refractivity (Wildman–Crippen MR) is 83.9 cm³/mol. The van der Waals surface area contributed by atoms with Gasteiger partial charge in [0.2, 0.25) is 5.91 Å². The van der Waals surface area contributed by atoms with E-state index in [-0.39, 0.29) is 12.5 Å². The normalized spacial score (nSPS) is 10.8. The summed E-state index contributed by atoms with van der Waals surface area (Å²) < 4.78 is 10.2. The van der Waals surface area contributed by atoms with E-state index in [9.17, 15) is 4.79 Å². The van der Waals surface area contributed by atoms with Crippen molar-refractivity contribution in [2.24, 2.45) is 0 Å². The Kier molecular flexibility index (Phi) is 5.16. The van der Waals surface area contributed by atoms with E-state index in [0.29, 0.717) is 18.1 Å². The number of carbonyl (C=O) groups excluding carboxylic acids is 1. The third-order valence-corrected chi connectivity index (χ3v) is 3.22. The van der Waals surface area contributed by atoms with E-state index in [1.165, 1.54) is 0 Å². The van der Waals surface area contributed by atoms with Gasteiger partial charge in [0.15, 0.2) is 5.82 Å². The minimum absolute atomic E-state index is 0.124. The van der Waals surface area contributed by atoms with Gasteiger partial charge in [-0.3, -0.25) is 9.69 Å². The second-order valence-electron chi connectivity index (χ2n) is 5.35. The third-order valence-electron chi connectivity index (χ3n) is 3.22. The second kappa shape index (κ2) is 7.09. The molecule has 0 atom stereocenters. The molecule has 0 saturated carbocycles. The fourth-order valence-electron chi connectivity index (χ4n) is 2.26. The van der Waals surface area contributed by atoms with Crippen LogP contribution in [0.4, 0.5) is 5.82 Å². The SMILES string of the molecule is COc1ccc(CN(C)CC(=O)Nc2cc(C)on2)cc1C. The average Bonchev–Trinajstić information content (AvgIpc) is 2.83. The number of carbonyl (C=O) groups is 1. The van der Waals surface area contributed by atoms with Crippen LogP contribution in [0.2, 0.25) is 0 Å². The molecule has 0 bridgehead atoms. The van der Waals surface area contributed by atoms with E-state index in [4.69, 9.17) is 9.26 Å². The quantitative estimate of drug-likeness (QED) is 0.887. The zero-order valence-electron chi connectivity index (χ0n) is 13.3. The fourth-order valence-corrected chi connectivity index (χ4v) is 2.26. The lowest BCUT2D eigenvalue weighted by Crippen LogP contribution is -2.29. The van der Waals surface area contributed by atoms with Crippen LogP contribution in [0.3, 0.4) is 0 Å². The summed E-state index contributed by atoms with van der Waals surface area (Å²) in [6.07, 6.45) is 0. The number of aryl methyl sites for hydroxylation is 2. The monoisotopic (exact) mass is 303 g/mol. The van der Waals surface area contributed by atoms with E-state index in [2.05, 4.69) is 16.5 Å². The Morgan fingerprint density at radius 3 is 2.73 bits per heavy atom. The molecule has 6 heteroatoms. The molecular formula is C16H21N3O3. The van der Waals surface area contributed by atoms with Gasteiger partial charge in [-0.05, 0) is 38.1 Å². The molecule has 1 aromatic carbocycles. The zero-order chi connectivity index (χ0) is 16.1. The first-order valence-corrected chi connectivity index (χ1v) is 7.03. The van der Waals surface area contributed by atoms with Gasteiger partial charge in [0.05, 0.1) is 13.7 Å². The number of nitrogens with one attached hydrogen (secondary N) is 1. The van der Waals surface area contributed by atoms with Crippen molar-refractivity contribution in [2.75, 3.05) is 26.0 Å². The van der Waals surface area contributed by atoms with Gasteiger partial charge in [-0.2, -0.15) is 0 Å². The number of methoxy groups -OCH3 is 1.